The molecule has 2 aromatic rings. The van der Waals surface area contributed by atoms with Crippen LogP contribution in [0, 0.1) is 5.82 Å². The maximum absolute atomic E-state index is 14.5. The summed E-state index contributed by atoms with van der Waals surface area (Å²) in [6, 6.07) is 8.54. The minimum absolute atomic E-state index is 0.0784. The number of carbonyl (C=O) groups is 2. The van der Waals surface area contributed by atoms with Gasteiger partial charge in [-0.2, -0.15) is 0 Å². The van der Waals surface area contributed by atoms with E-state index in [4.69, 9.17) is 0 Å². The Bertz CT molecular complexity index is 891. The van der Waals surface area contributed by atoms with Crippen LogP contribution in [0.3, 0.4) is 0 Å². The standard InChI is InChI=1S/C19H15BrFNO2S/c20-11-6-7-14(13(21)9-11)22-15-3-1-4-16(23)19(15)12(10-18(22)24)17-5-2-8-25-17/h2,5-9,12H,1,3-4,10H2/t12-/m1/s1. The Morgan fingerprint density at radius 3 is 2.76 bits per heavy atom. The summed E-state index contributed by atoms with van der Waals surface area (Å²) in [5, 5.41) is 1.95. The molecular weight excluding hydrogens is 405 g/mol. The molecule has 0 fully saturated rings. The van der Waals surface area contributed by atoms with Crippen LogP contribution in [0.4, 0.5) is 10.1 Å². The molecule has 2 aliphatic rings. The van der Waals surface area contributed by atoms with Crippen LogP contribution in [0.5, 0.6) is 0 Å². The number of hydrogen-bond donors (Lipinski definition) is 0. The van der Waals surface area contributed by atoms with Gasteiger partial charge in [0.15, 0.2) is 5.78 Å². The van der Waals surface area contributed by atoms with E-state index >= 15 is 0 Å². The molecule has 2 heterocycles. The molecule has 0 saturated carbocycles. The summed E-state index contributed by atoms with van der Waals surface area (Å²) >= 11 is 4.80. The highest BCUT2D eigenvalue weighted by Gasteiger charge is 2.40. The van der Waals surface area contributed by atoms with Gasteiger partial charge in [0, 0.05) is 39.4 Å². The lowest BCUT2D eigenvalue weighted by atomic mass is 9.79. The van der Waals surface area contributed by atoms with E-state index in [0.29, 0.717) is 35.0 Å². The number of nitrogens with zero attached hydrogens (tertiary/aromatic N) is 1. The predicted octanol–water partition coefficient (Wildman–Crippen LogP) is 5.18. The zero-order valence-corrected chi connectivity index (χ0v) is 15.7. The van der Waals surface area contributed by atoms with Crippen molar-refractivity contribution in [2.45, 2.75) is 31.6 Å². The number of benzene rings is 1. The van der Waals surface area contributed by atoms with E-state index in [-0.39, 0.29) is 29.7 Å². The van der Waals surface area contributed by atoms with Crippen molar-refractivity contribution < 1.29 is 14.0 Å². The van der Waals surface area contributed by atoms with E-state index in [1.54, 1.807) is 23.5 Å². The van der Waals surface area contributed by atoms with Gasteiger partial charge < -0.3 is 0 Å². The minimum Gasteiger partial charge on any atom is -0.294 e. The first-order valence-corrected chi connectivity index (χ1v) is 9.81. The molecule has 4 rings (SSSR count). The van der Waals surface area contributed by atoms with Crippen LogP contribution < -0.4 is 4.90 Å². The number of allylic oxidation sites excluding steroid dienone is 2. The van der Waals surface area contributed by atoms with E-state index < -0.39 is 5.82 Å². The van der Waals surface area contributed by atoms with Crippen LogP contribution >= 0.6 is 27.3 Å². The van der Waals surface area contributed by atoms with Crippen LogP contribution in [0.1, 0.15) is 36.5 Å². The van der Waals surface area contributed by atoms with Gasteiger partial charge in [-0.1, -0.05) is 22.0 Å². The topological polar surface area (TPSA) is 37.4 Å². The van der Waals surface area contributed by atoms with Gasteiger partial charge in [-0.25, -0.2) is 4.39 Å². The fourth-order valence-corrected chi connectivity index (χ4v) is 4.84. The number of rotatable bonds is 2. The highest BCUT2D eigenvalue weighted by molar-refractivity contribution is 9.10. The largest absolute Gasteiger partial charge is 0.294 e. The lowest BCUT2D eigenvalue weighted by Crippen LogP contribution is -2.40. The average Bonchev–Trinajstić information content (AvgIpc) is 3.10. The van der Waals surface area contributed by atoms with Gasteiger partial charge in [0.25, 0.3) is 0 Å². The monoisotopic (exact) mass is 419 g/mol. The molecule has 25 heavy (non-hydrogen) atoms. The molecule has 0 spiro atoms. The highest BCUT2D eigenvalue weighted by atomic mass is 79.9. The molecular formula is C19H15BrFNO2S. The Morgan fingerprint density at radius 1 is 1.20 bits per heavy atom. The van der Waals surface area contributed by atoms with Crippen LogP contribution in [0.15, 0.2) is 51.5 Å². The van der Waals surface area contributed by atoms with Gasteiger partial charge >= 0.3 is 0 Å². The van der Waals surface area contributed by atoms with Crippen molar-refractivity contribution in [3.63, 3.8) is 0 Å². The molecule has 1 aromatic carbocycles. The van der Waals surface area contributed by atoms with Gasteiger partial charge in [0.05, 0.1) is 5.69 Å². The third-order valence-corrected chi connectivity index (χ3v) is 6.19. The summed E-state index contributed by atoms with van der Waals surface area (Å²) in [4.78, 5) is 28.0. The molecule has 6 heteroatoms. The quantitative estimate of drug-likeness (QED) is 0.672. The van der Waals surface area contributed by atoms with Gasteiger partial charge in [-0.05, 0) is 42.5 Å². The molecule has 0 saturated heterocycles. The van der Waals surface area contributed by atoms with Gasteiger partial charge in [-0.15, -0.1) is 11.3 Å². The minimum atomic E-state index is -0.470. The summed E-state index contributed by atoms with van der Waals surface area (Å²) < 4.78 is 15.1. The van der Waals surface area contributed by atoms with Gasteiger partial charge in [-0.3, -0.25) is 14.5 Å². The predicted molar refractivity (Wildman–Crippen MR) is 99.1 cm³/mol. The van der Waals surface area contributed by atoms with Crippen LogP contribution in [0.2, 0.25) is 0 Å². The van der Waals surface area contributed by atoms with Crippen molar-refractivity contribution >= 4 is 44.6 Å². The third-order valence-electron chi connectivity index (χ3n) is 4.71. The number of halogens is 2. The van der Waals surface area contributed by atoms with E-state index in [0.717, 1.165) is 4.88 Å². The first-order chi connectivity index (χ1) is 12.1. The van der Waals surface area contributed by atoms with Gasteiger partial charge in [0.2, 0.25) is 5.91 Å². The highest BCUT2D eigenvalue weighted by Crippen LogP contribution is 2.44. The van der Waals surface area contributed by atoms with Crippen molar-refractivity contribution in [3.05, 3.63) is 62.1 Å². The number of thiophene rings is 1. The summed E-state index contributed by atoms with van der Waals surface area (Å²) in [6.45, 7) is 0. The maximum atomic E-state index is 14.5. The smallest absolute Gasteiger partial charge is 0.232 e. The molecule has 128 valence electrons. The second kappa shape index (κ2) is 6.50. The van der Waals surface area contributed by atoms with Crippen molar-refractivity contribution in [2.24, 2.45) is 0 Å². The van der Waals surface area contributed by atoms with Gasteiger partial charge in [0.1, 0.15) is 5.82 Å². The normalized spacial score (nSPS) is 20.9. The zero-order chi connectivity index (χ0) is 17.6. The number of ketones is 1. The molecule has 0 unspecified atom stereocenters. The second-order valence-electron chi connectivity index (χ2n) is 6.23. The van der Waals surface area contributed by atoms with Crippen molar-refractivity contribution in [2.75, 3.05) is 4.90 Å². The SMILES string of the molecule is O=C1CCCC2=C1[C@@H](c1cccs1)CC(=O)N2c1ccc(Br)cc1F. The van der Waals surface area contributed by atoms with E-state index in [1.165, 1.54) is 11.0 Å². The molecule has 0 bridgehead atoms. The molecule has 0 N–H and O–H groups in total. The Morgan fingerprint density at radius 2 is 2.04 bits per heavy atom. The summed E-state index contributed by atoms with van der Waals surface area (Å²) in [5.41, 5.74) is 1.59. The molecule has 0 radical (unpaired) electrons. The second-order valence-corrected chi connectivity index (χ2v) is 8.13. The van der Waals surface area contributed by atoms with E-state index in [9.17, 15) is 14.0 Å². The number of anilines is 1. The molecule has 1 aliphatic heterocycles. The maximum Gasteiger partial charge on any atom is 0.232 e. The molecule has 1 amide bonds. The first-order valence-electron chi connectivity index (χ1n) is 8.14. The Balaban J connectivity index is 1.88. The third kappa shape index (κ3) is 2.87. The number of hydrogen-bond acceptors (Lipinski definition) is 3. The lowest BCUT2D eigenvalue weighted by Gasteiger charge is -2.38. The first kappa shape index (κ1) is 16.7. The molecule has 1 aromatic heterocycles. The Kier molecular flexibility index (Phi) is 4.33. The molecule has 3 nitrogen and oxygen atoms in total. The van der Waals surface area contributed by atoms with Crippen LogP contribution in [-0.4, -0.2) is 11.7 Å². The van der Waals surface area contributed by atoms with E-state index in [2.05, 4.69) is 15.9 Å². The zero-order valence-electron chi connectivity index (χ0n) is 13.3. The van der Waals surface area contributed by atoms with Crippen molar-refractivity contribution in [1.29, 1.82) is 0 Å². The number of amides is 1. The Labute approximate surface area is 157 Å². The number of Topliss-reactive ketones (excluding diaryl/α,β-unsaturated/α-hetero) is 1. The van der Waals surface area contributed by atoms with Crippen molar-refractivity contribution in [1.82, 2.24) is 0 Å². The Hall–Kier alpha value is -1.79. The summed E-state index contributed by atoms with van der Waals surface area (Å²) in [6.07, 6.45) is 1.99. The number of carbonyl (C=O) groups excluding carboxylic acids is 2. The molecule has 1 atom stereocenters. The van der Waals surface area contributed by atoms with Crippen molar-refractivity contribution in [3.8, 4) is 0 Å². The lowest BCUT2D eigenvalue weighted by molar-refractivity contribution is -0.119. The average molecular weight is 420 g/mol. The van der Waals surface area contributed by atoms with Crippen LogP contribution in [-0.2, 0) is 9.59 Å². The fourth-order valence-electron chi connectivity index (χ4n) is 3.67. The molecule has 1 aliphatic carbocycles. The van der Waals surface area contributed by atoms with Crippen LogP contribution in [0.25, 0.3) is 0 Å². The summed E-state index contributed by atoms with van der Waals surface area (Å²) in [7, 11) is 0. The fraction of sp³-hybridized carbons (Fsp3) is 0.263. The van der Waals surface area contributed by atoms with E-state index in [1.807, 2.05) is 17.5 Å². The summed E-state index contributed by atoms with van der Waals surface area (Å²) in [5.74, 6) is -0.755.